The minimum Gasteiger partial charge on any atom is -0.494 e. The number of amides is 1. The molecule has 0 aliphatic carbocycles. The number of nitrogens with zero attached hydrogens (tertiary/aromatic N) is 1. The van der Waals surface area contributed by atoms with Crippen LogP contribution in [-0.4, -0.2) is 19.1 Å². The summed E-state index contributed by atoms with van der Waals surface area (Å²) in [7, 11) is 0. The number of hydrogen-bond acceptors (Lipinski definition) is 2. The van der Waals surface area contributed by atoms with Gasteiger partial charge < -0.3 is 9.64 Å². The second kappa shape index (κ2) is 5.96. The van der Waals surface area contributed by atoms with Crippen molar-refractivity contribution >= 4 is 22.4 Å². The maximum Gasteiger partial charge on any atom is 0.258 e. The van der Waals surface area contributed by atoms with E-state index in [1.807, 2.05) is 41.3 Å². The fraction of sp³-hybridized carbons (Fsp3) is 0.150. The number of carbonyl (C=O) groups is 1. The van der Waals surface area contributed by atoms with E-state index in [0.717, 1.165) is 22.0 Å². The summed E-state index contributed by atoms with van der Waals surface area (Å²) >= 11 is 0. The van der Waals surface area contributed by atoms with Gasteiger partial charge in [0.15, 0.2) is 0 Å². The Bertz CT molecular complexity index is 900. The van der Waals surface area contributed by atoms with Crippen LogP contribution in [0.3, 0.4) is 0 Å². The van der Waals surface area contributed by atoms with E-state index in [4.69, 9.17) is 4.74 Å². The van der Waals surface area contributed by atoms with E-state index in [0.29, 0.717) is 25.3 Å². The molecule has 120 valence electrons. The molecule has 0 bridgehead atoms. The number of hydrogen-bond donors (Lipinski definition) is 0. The first-order valence-corrected chi connectivity index (χ1v) is 7.96. The largest absolute Gasteiger partial charge is 0.494 e. The van der Waals surface area contributed by atoms with Crippen molar-refractivity contribution in [3.8, 4) is 5.75 Å². The minimum absolute atomic E-state index is 0.0450. The molecule has 24 heavy (non-hydrogen) atoms. The summed E-state index contributed by atoms with van der Waals surface area (Å²) in [6.45, 7) is 1.07. The molecule has 0 radical (unpaired) electrons. The molecular formula is C20H16FNO2. The molecule has 0 saturated heterocycles. The third kappa shape index (κ3) is 2.50. The Balaban J connectivity index is 1.44. The molecule has 1 heterocycles. The van der Waals surface area contributed by atoms with E-state index < -0.39 is 0 Å². The van der Waals surface area contributed by atoms with E-state index in [1.165, 1.54) is 12.1 Å². The molecular weight excluding hydrogens is 305 g/mol. The Morgan fingerprint density at radius 1 is 0.958 bits per heavy atom. The highest BCUT2D eigenvalue weighted by molar-refractivity contribution is 6.24. The number of carbonyl (C=O) groups excluding carboxylic acids is 1. The second-order valence-electron chi connectivity index (χ2n) is 5.79. The molecule has 1 aliphatic heterocycles. The lowest BCUT2D eigenvalue weighted by molar-refractivity contribution is 0.0992. The van der Waals surface area contributed by atoms with Crippen LogP contribution in [0.5, 0.6) is 5.75 Å². The first-order chi connectivity index (χ1) is 11.7. The predicted octanol–water partition coefficient (Wildman–Crippen LogP) is 4.41. The number of halogens is 1. The third-order valence-electron chi connectivity index (χ3n) is 4.26. The van der Waals surface area contributed by atoms with Crippen molar-refractivity contribution < 1.29 is 13.9 Å². The lowest BCUT2D eigenvalue weighted by atomic mass is 10.1. The molecule has 1 aliphatic rings. The fourth-order valence-corrected chi connectivity index (χ4v) is 3.14. The average molecular weight is 321 g/mol. The van der Waals surface area contributed by atoms with Gasteiger partial charge in [-0.1, -0.05) is 24.3 Å². The van der Waals surface area contributed by atoms with E-state index >= 15 is 0 Å². The molecule has 0 N–H and O–H groups in total. The minimum atomic E-state index is -0.282. The topological polar surface area (TPSA) is 29.5 Å². The molecule has 0 aromatic heterocycles. The normalized spacial score (nSPS) is 12.9. The Morgan fingerprint density at radius 2 is 1.71 bits per heavy atom. The fourth-order valence-electron chi connectivity index (χ4n) is 3.14. The summed E-state index contributed by atoms with van der Waals surface area (Å²) in [6.07, 6.45) is 0.702. The van der Waals surface area contributed by atoms with Crippen molar-refractivity contribution in [2.75, 3.05) is 18.1 Å². The van der Waals surface area contributed by atoms with E-state index in [2.05, 4.69) is 0 Å². The van der Waals surface area contributed by atoms with Gasteiger partial charge in [0.1, 0.15) is 11.6 Å². The van der Waals surface area contributed by atoms with Gasteiger partial charge in [0.25, 0.3) is 5.91 Å². The maximum atomic E-state index is 12.9. The molecule has 0 unspecified atom stereocenters. The Labute approximate surface area is 139 Å². The van der Waals surface area contributed by atoms with Gasteiger partial charge >= 0.3 is 0 Å². The van der Waals surface area contributed by atoms with E-state index in [-0.39, 0.29) is 11.7 Å². The number of benzene rings is 3. The molecule has 0 atom stereocenters. The summed E-state index contributed by atoms with van der Waals surface area (Å²) in [6, 6.07) is 17.8. The van der Waals surface area contributed by atoms with Gasteiger partial charge in [0.05, 0.1) is 12.3 Å². The molecule has 3 aromatic carbocycles. The highest BCUT2D eigenvalue weighted by Crippen LogP contribution is 2.37. The number of ether oxygens (including phenoxy) is 1. The van der Waals surface area contributed by atoms with Gasteiger partial charge in [-0.05, 0) is 48.2 Å². The highest BCUT2D eigenvalue weighted by Gasteiger charge is 2.28. The van der Waals surface area contributed by atoms with Crippen molar-refractivity contribution in [2.45, 2.75) is 6.42 Å². The zero-order valence-electron chi connectivity index (χ0n) is 13.0. The standard InChI is InChI=1S/C20H16FNO2/c21-15-8-10-16(11-9-15)24-13-3-12-22-18-7-2-5-14-4-1-6-17(19(14)18)20(22)23/h1-2,4-11H,3,12-13H2. The predicted molar refractivity (Wildman–Crippen MR) is 92.1 cm³/mol. The first-order valence-electron chi connectivity index (χ1n) is 7.96. The van der Waals surface area contributed by atoms with Crippen LogP contribution in [0.15, 0.2) is 60.7 Å². The monoisotopic (exact) mass is 321 g/mol. The maximum absolute atomic E-state index is 12.9. The van der Waals surface area contributed by atoms with Gasteiger partial charge in [-0.3, -0.25) is 4.79 Å². The smallest absolute Gasteiger partial charge is 0.258 e. The van der Waals surface area contributed by atoms with Crippen molar-refractivity contribution in [3.05, 3.63) is 72.0 Å². The van der Waals surface area contributed by atoms with Crippen LogP contribution in [0.25, 0.3) is 10.8 Å². The second-order valence-corrected chi connectivity index (χ2v) is 5.79. The highest BCUT2D eigenvalue weighted by atomic mass is 19.1. The molecule has 0 spiro atoms. The zero-order valence-corrected chi connectivity index (χ0v) is 13.0. The van der Waals surface area contributed by atoms with Crippen LogP contribution in [0, 0.1) is 5.82 Å². The van der Waals surface area contributed by atoms with Gasteiger partial charge in [-0.2, -0.15) is 0 Å². The molecule has 0 fully saturated rings. The van der Waals surface area contributed by atoms with Crippen molar-refractivity contribution in [3.63, 3.8) is 0 Å². The zero-order chi connectivity index (χ0) is 16.5. The molecule has 4 heteroatoms. The van der Waals surface area contributed by atoms with Gasteiger partial charge in [-0.15, -0.1) is 0 Å². The van der Waals surface area contributed by atoms with Gasteiger partial charge in [0, 0.05) is 17.5 Å². The number of anilines is 1. The van der Waals surface area contributed by atoms with Crippen LogP contribution in [0.4, 0.5) is 10.1 Å². The van der Waals surface area contributed by atoms with Crippen LogP contribution in [-0.2, 0) is 0 Å². The molecule has 1 amide bonds. The lowest BCUT2D eigenvalue weighted by Gasteiger charge is -2.17. The van der Waals surface area contributed by atoms with Gasteiger partial charge in [0.2, 0.25) is 0 Å². The summed E-state index contributed by atoms with van der Waals surface area (Å²) in [5, 5.41) is 2.12. The Kier molecular flexibility index (Phi) is 3.65. The van der Waals surface area contributed by atoms with Crippen LogP contribution in [0.1, 0.15) is 16.8 Å². The average Bonchev–Trinajstić information content (AvgIpc) is 2.88. The van der Waals surface area contributed by atoms with Crippen LogP contribution in [0.2, 0.25) is 0 Å². The summed E-state index contributed by atoms with van der Waals surface area (Å²) in [4.78, 5) is 14.4. The van der Waals surface area contributed by atoms with Crippen molar-refractivity contribution in [1.82, 2.24) is 0 Å². The summed E-state index contributed by atoms with van der Waals surface area (Å²) < 4.78 is 18.5. The van der Waals surface area contributed by atoms with Crippen molar-refractivity contribution in [2.24, 2.45) is 0 Å². The van der Waals surface area contributed by atoms with Crippen LogP contribution < -0.4 is 9.64 Å². The molecule has 4 rings (SSSR count). The summed E-state index contributed by atoms with van der Waals surface area (Å²) in [5.74, 6) is 0.397. The van der Waals surface area contributed by atoms with E-state index in [1.54, 1.807) is 12.1 Å². The molecule has 3 aromatic rings. The quantitative estimate of drug-likeness (QED) is 0.652. The van der Waals surface area contributed by atoms with Crippen molar-refractivity contribution in [1.29, 1.82) is 0 Å². The Hall–Kier alpha value is -2.88. The number of rotatable bonds is 5. The van der Waals surface area contributed by atoms with Gasteiger partial charge in [-0.25, -0.2) is 4.39 Å². The first kappa shape index (κ1) is 14.7. The molecule has 3 nitrogen and oxygen atoms in total. The third-order valence-corrected chi connectivity index (χ3v) is 4.26. The van der Waals surface area contributed by atoms with E-state index in [9.17, 15) is 9.18 Å². The molecule has 0 saturated carbocycles. The summed E-state index contributed by atoms with van der Waals surface area (Å²) in [5.41, 5.74) is 1.73. The SMILES string of the molecule is O=C1c2cccc3cccc(c23)N1CCCOc1ccc(F)cc1. The lowest BCUT2D eigenvalue weighted by Crippen LogP contribution is -2.28. The Morgan fingerprint density at radius 3 is 2.50 bits per heavy atom. The van der Waals surface area contributed by atoms with Crippen LogP contribution >= 0.6 is 0 Å².